The van der Waals surface area contributed by atoms with Gasteiger partial charge in [0.05, 0.1) is 6.61 Å². The summed E-state index contributed by atoms with van der Waals surface area (Å²) in [4.78, 5) is 11.8. The maximum atomic E-state index is 11.8. The van der Waals surface area contributed by atoms with Gasteiger partial charge in [0.15, 0.2) is 12.6 Å². The molecular formula is C24H25NO7. The summed E-state index contributed by atoms with van der Waals surface area (Å²) in [7, 11) is 1.52. The summed E-state index contributed by atoms with van der Waals surface area (Å²) in [5, 5.41) is 15.3. The minimum absolute atomic E-state index is 0.272. The van der Waals surface area contributed by atoms with E-state index >= 15 is 0 Å². The predicted octanol–water partition coefficient (Wildman–Crippen LogP) is 2.73. The Labute approximate surface area is 184 Å². The van der Waals surface area contributed by atoms with Crippen LogP contribution in [-0.2, 0) is 18.9 Å². The van der Waals surface area contributed by atoms with Gasteiger partial charge in [-0.3, -0.25) is 0 Å². The van der Waals surface area contributed by atoms with Gasteiger partial charge < -0.3 is 33.8 Å². The monoisotopic (exact) mass is 439 g/mol. The SMILES string of the molecule is CO[C@H]1OC2COC(c3ccccc3)O[C@H]2[C@H](O)C1Nc1ccc2c(C)cc(=O)oc2c1. The second-order valence-electron chi connectivity index (χ2n) is 8.08. The van der Waals surface area contributed by atoms with Crippen LogP contribution in [0.25, 0.3) is 11.0 Å². The molecule has 2 saturated heterocycles. The van der Waals surface area contributed by atoms with E-state index in [1.165, 1.54) is 13.2 Å². The Balaban J connectivity index is 1.39. The molecular weight excluding hydrogens is 414 g/mol. The first-order valence-electron chi connectivity index (χ1n) is 10.5. The van der Waals surface area contributed by atoms with Crippen molar-refractivity contribution in [2.24, 2.45) is 0 Å². The van der Waals surface area contributed by atoms with E-state index in [4.69, 9.17) is 23.4 Å². The van der Waals surface area contributed by atoms with Crippen molar-refractivity contribution in [1.29, 1.82) is 0 Å². The highest BCUT2D eigenvalue weighted by Gasteiger charge is 2.49. The molecule has 1 aromatic heterocycles. The van der Waals surface area contributed by atoms with Crippen LogP contribution in [0.2, 0.25) is 0 Å². The van der Waals surface area contributed by atoms with Crippen LogP contribution in [0.4, 0.5) is 5.69 Å². The zero-order chi connectivity index (χ0) is 22.2. The van der Waals surface area contributed by atoms with E-state index in [0.717, 1.165) is 16.5 Å². The van der Waals surface area contributed by atoms with Crippen molar-refractivity contribution in [2.45, 2.75) is 43.9 Å². The molecule has 0 amide bonds. The number of anilines is 1. The Hall–Kier alpha value is -2.75. The molecule has 0 saturated carbocycles. The maximum absolute atomic E-state index is 11.8. The van der Waals surface area contributed by atoms with Gasteiger partial charge >= 0.3 is 5.63 Å². The number of fused-ring (bicyclic) bond motifs is 2. The van der Waals surface area contributed by atoms with E-state index in [0.29, 0.717) is 11.3 Å². The largest absolute Gasteiger partial charge is 0.423 e. The third-order valence-corrected chi connectivity index (χ3v) is 5.95. The minimum atomic E-state index is -0.936. The van der Waals surface area contributed by atoms with E-state index < -0.39 is 42.6 Å². The Morgan fingerprint density at radius 3 is 2.69 bits per heavy atom. The first kappa shape index (κ1) is 21.1. The van der Waals surface area contributed by atoms with Gasteiger partial charge in [0, 0.05) is 35.9 Å². The van der Waals surface area contributed by atoms with E-state index in [2.05, 4.69) is 5.32 Å². The molecule has 0 spiro atoms. The van der Waals surface area contributed by atoms with Crippen LogP contribution in [0.5, 0.6) is 0 Å². The van der Waals surface area contributed by atoms with Crippen molar-refractivity contribution in [2.75, 3.05) is 19.0 Å². The lowest BCUT2D eigenvalue weighted by molar-refractivity contribution is -0.337. The van der Waals surface area contributed by atoms with Gasteiger partial charge in [0.2, 0.25) is 0 Å². The standard InChI is InChI=1S/C24H25NO7/c1-13-10-19(26)30-17-11-15(8-9-16(13)17)25-20-21(27)22-18(31-24(20)28-2)12-29-23(32-22)14-6-4-3-5-7-14/h3-11,18,20-25,27H,12H2,1-2H3/t18?,20?,21-,22-,23?,24+/m1/s1. The second-order valence-corrected chi connectivity index (χ2v) is 8.08. The van der Waals surface area contributed by atoms with Crippen LogP contribution < -0.4 is 10.9 Å². The number of aliphatic hydroxyl groups is 1. The van der Waals surface area contributed by atoms with Gasteiger partial charge in [-0.05, 0) is 24.6 Å². The molecule has 2 fully saturated rings. The lowest BCUT2D eigenvalue weighted by Crippen LogP contribution is -2.64. The number of methoxy groups -OCH3 is 1. The number of rotatable bonds is 4. The molecule has 3 unspecified atom stereocenters. The minimum Gasteiger partial charge on any atom is -0.423 e. The van der Waals surface area contributed by atoms with Crippen molar-refractivity contribution in [1.82, 2.24) is 0 Å². The van der Waals surface area contributed by atoms with Crippen LogP contribution in [0.1, 0.15) is 17.4 Å². The van der Waals surface area contributed by atoms with Gasteiger partial charge in [-0.25, -0.2) is 4.79 Å². The van der Waals surface area contributed by atoms with Gasteiger partial charge in [-0.15, -0.1) is 0 Å². The molecule has 2 aliphatic rings. The third-order valence-electron chi connectivity index (χ3n) is 5.95. The summed E-state index contributed by atoms with van der Waals surface area (Å²) >= 11 is 0. The zero-order valence-electron chi connectivity index (χ0n) is 17.8. The molecule has 6 atom stereocenters. The number of ether oxygens (including phenoxy) is 4. The van der Waals surface area contributed by atoms with E-state index in [9.17, 15) is 9.90 Å². The number of hydrogen-bond donors (Lipinski definition) is 2. The lowest BCUT2D eigenvalue weighted by atomic mass is 9.95. The van der Waals surface area contributed by atoms with Gasteiger partial charge in [-0.1, -0.05) is 30.3 Å². The smallest absolute Gasteiger partial charge is 0.336 e. The average Bonchev–Trinajstić information content (AvgIpc) is 2.80. The van der Waals surface area contributed by atoms with E-state index in [-0.39, 0.29) is 6.61 Å². The summed E-state index contributed by atoms with van der Waals surface area (Å²) < 4.78 is 28.8. The van der Waals surface area contributed by atoms with E-state index in [1.54, 1.807) is 6.07 Å². The molecule has 3 heterocycles. The Bertz CT molecular complexity index is 1150. The Morgan fingerprint density at radius 1 is 1.09 bits per heavy atom. The molecule has 3 aromatic rings. The molecule has 2 aliphatic heterocycles. The third kappa shape index (κ3) is 3.92. The highest BCUT2D eigenvalue weighted by atomic mass is 16.7. The van der Waals surface area contributed by atoms with Crippen molar-refractivity contribution < 1.29 is 28.5 Å². The number of aryl methyl sites for hydroxylation is 1. The van der Waals surface area contributed by atoms with Gasteiger partial charge in [-0.2, -0.15) is 0 Å². The zero-order valence-corrected chi connectivity index (χ0v) is 17.8. The molecule has 0 aliphatic carbocycles. The fourth-order valence-corrected chi connectivity index (χ4v) is 4.33. The van der Waals surface area contributed by atoms with Crippen molar-refractivity contribution in [3.8, 4) is 0 Å². The van der Waals surface area contributed by atoms with Gasteiger partial charge in [0.25, 0.3) is 0 Å². The number of benzene rings is 2. The molecule has 2 aromatic carbocycles. The predicted molar refractivity (Wildman–Crippen MR) is 116 cm³/mol. The van der Waals surface area contributed by atoms with Crippen LogP contribution in [-0.4, -0.2) is 49.5 Å². The highest BCUT2D eigenvalue weighted by molar-refractivity contribution is 5.83. The Kier molecular flexibility index (Phi) is 5.71. The fourth-order valence-electron chi connectivity index (χ4n) is 4.33. The topological polar surface area (TPSA) is 99.4 Å². The fraction of sp³-hybridized carbons (Fsp3) is 0.375. The average molecular weight is 439 g/mol. The first-order chi connectivity index (χ1) is 15.5. The number of hydrogen-bond acceptors (Lipinski definition) is 8. The lowest BCUT2D eigenvalue weighted by Gasteiger charge is -2.47. The molecule has 2 N–H and O–H groups in total. The normalized spacial score (nSPS) is 30.1. The van der Waals surface area contributed by atoms with Crippen molar-refractivity contribution in [3.63, 3.8) is 0 Å². The summed E-state index contributed by atoms with van der Waals surface area (Å²) in [5.41, 5.74) is 2.42. The van der Waals surface area contributed by atoms with Crippen molar-refractivity contribution in [3.05, 3.63) is 76.1 Å². The maximum Gasteiger partial charge on any atom is 0.336 e. The van der Waals surface area contributed by atoms with Crippen LogP contribution in [0, 0.1) is 6.92 Å². The molecule has 0 radical (unpaired) electrons. The van der Waals surface area contributed by atoms with Crippen LogP contribution in [0.3, 0.4) is 0 Å². The molecule has 0 bridgehead atoms. The second kappa shape index (κ2) is 8.65. The highest BCUT2D eigenvalue weighted by Crippen LogP contribution is 2.35. The number of aliphatic hydroxyl groups excluding tert-OH is 1. The molecule has 32 heavy (non-hydrogen) atoms. The van der Waals surface area contributed by atoms with Crippen LogP contribution >= 0.6 is 0 Å². The summed E-state index contributed by atoms with van der Waals surface area (Å²) in [5.74, 6) is 0. The van der Waals surface area contributed by atoms with E-state index in [1.807, 2.05) is 49.4 Å². The van der Waals surface area contributed by atoms with Crippen molar-refractivity contribution >= 4 is 16.7 Å². The van der Waals surface area contributed by atoms with Gasteiger partial charge in [0.1, 0.15) is 29.9 Å². The molecule has 8 heteroatoms. The molecule has 5 rings (SSSR count). The summed E-state index contributed by atoms with van der Waals surface area (Å²) in [6.07, 6.45) is -3.34. The molecule has 168 valence electrons. The Morgan fingerprint density at radius 2 is 1.91 bits per heavy atom. The number of nitrogens with one attached hydrogen (secondary N) is 1. The quantitative estimate of drug-likeness (QED) is 0.599. The van der Waals surface area contributed by atoms with Crippen LogP contribution in [0.15, 0.2) is 63.8 Å². The summed E-state index contributed by atoms with van der Waals surface area (Å²) in [6.45, 7) is 2.13. The first-order valence-corrected chi connectivity index (χ1v) is 10.5. The summed E-state index contributed by atoms with van der Waals surface area (Å²) in [6, 6.07) is 15.9. The molecule has 8 nitrogen and oxygen atoms in total.